The minimum atomic E-state index is -0.533. The number of hydrogen-bond acceptors (Lipinski definition) is 4. The van der Waals surface area contributed by atoms with Gasteiger partial charge in [0.15, 0.2) is 5.69 Å². The Kier molecular flexibility index (Phi) is 4.26. The number of nitrogens with zero attached hydrogens (tertiary/aromatic N) is 2. The normalized spacial score (nSPS) is 24.0. The summed E-state index contributed by atoms with van der Waals surface area (Å²) in [5, 5.41) is 14.3. The Morgan fingerprint density at radius 3 is 2.82 bits per heavy atom. The summed E-state index contributed by atoms with van der Waals surface area (Å²) in [7, 11) is 0. The first kappa shape index (κ1) is 14.8. The number of rotatable bonds is 4. The highest BCUT2D eigenvalue weighted by Gasteiger charge is 2.36. The molecule has 2 unspecified atom stereocenters. The molecule has 1 amide bonds. The van der Waals surface area contributed by atoms with Gasteiger partial charge < -0.3 is 15.6 Å². The first-order valence-corrected chi connectivity index (χ1v) is 7.38. The molecule has 0 aliphatic carbocycles. The van der Waals surface area contributed by atoms with Crippen molar-refractivity contribution in [3.8, 4) is 0 Å². The van der Waals surface area contributed by atoms with Gasteiger partial charge in [0.25, 0.3) is 5.91 Å². The van der Waals surface area contributed by atoms with Gasteiger partial charge in [0, 0.05) is 37.5 Å². The number of hydrogen-bond donors (Lipinski definition) is 3. The van der Waals surface area contributed by atoms with Gasteiger partial charge in [0.05, 0.1) is 0 Å². The Bertz CT molecular complexity index is 606. The number of fused-ring (bicyclic) bond motifs is 2. The molecule has 2 aliphatic rings. The van der Waals surface area contributed by atoms with Gasteiger partial charge in [0.2, 0.25) is 0 Å². The summed E-state index contributed by atoms with van der Waals surface area (Å²) in [6, 6.07) is 5.14. The van der Waals surface area contributed by atoms with Crippen LogP contribution in [0.25, 0.3) is 0 Å². The second kappa shape index (κ2) is 6.33. The molecule has 1 aromatic carbocycles. The maximum Gasteiger partial charge on any atom is 0.263 e. The summed E-state index contributed by atoms with van der Waals surface area (Å²) in [5.41, 5.74) is 1.91. The van der Waals surface area contributed by atoms with Crippen LogP contribution in [-0.2, 0) is 0 Å². The molecule has 0 saturated carbocycles. The molecule has 4 N–H and O–H groups in total. The first-order chi connectivity index (χ1) is 10.7. The predicted octanol–water partition coefficient (Wildman–Crippen LogP) is 0.232. The van der Waals surface area contributed by atoms with Gasteiger partial charge in [-0.25, -0.2) is 4.39 Å². The van der Waals surface area contributed by atoms with E-state index in [1.54, 1.807) is 17.0 Å². The third kappa shape index (κ3) is 2.90. The number of quaternary nitrogens is 1. The number of nitrogens with one attached hydrogen (secondary N) is 2. The summed E-state index contributed by atoms with van der Waals surface area (Å²) in [4.78, 5) is 14.5. The molecule has 3 rings (SSSR count). The zero-order chi connectivity index (χ0) is 15.5. The second-order valence-electron chi connectivity index (χ2n) is 5.65. The Morgan fingerprint density at radius 2 is 2.14 bits per heavy atom. The SMILES string of the molecule is N=C/C=N\[NH2+]c1cccc(F)c1C(=O)N1CC2CCC(C1)N2. The van der Waals surface area contributed by atoms with Gasteiger partial charge in [-0.2, -0.15) is 5.43 Å². The van der Waals surface area contributed by atoms with Crippen LogP contribution >= 0.6 is 0 Å². The van der Waals surface area contributed by atoms with E-state index >= 15 is 0 Å². The summed E-state index contributed by atoms with van der Waals surface area (Å²) < 4.78 is 14.2. The van der Waals surface area contributed by atoms with Crippen LogP contribution in [-0.4, -0.2) is 48.4 Å². The van der Waals surface area contributed by atoms with Crippen molar-refractivity contribution in [3.05, 3.63) is 29.6 Å². The van der Waals surface area contributed by atoms with Crippen molar-refractivity contribution < 1.29 is 14.6 Å². The van der Waals surface area contributed by atoms with E-state index < -0.39 is 5.82 Å². The highest BCUT2D eigenvalue weighted by atomic mass is 19.1. The topological polar surface area (TPSA) is 85.2 Å². The van der Waals surface area contributed by atoms with E-state index in [9.17, 15) is 9.18 Å². The molecule has 7 heteroatoms. The first-order valence-electron chi connectivity index (χ1n) is 7.38. The molecule has 116 valence electrons. The molecule has 2 bridgehead atoms. The maximum atomic E-state index is 14.2. The number of likely N-dealkylation sites (tertiary alicyclic amines) is 1. The van der Waals surface area contributed by atoms with E-state index in [2.05, 4.69) is 10.4 Å². The number of nitrogens with two attached hydrogens (primary N) is 1. The van der Waals surface area contributed by atoms with Crippen LogP contribution in [0.4, 0.5) is 10.1 Å². The Hall–Kier alpha value is -2.12. The number of benzene rings is 1. The van der Waals surface area contributed by atoms with E-state index in [-0.39, 0.29) is 11.5 Å². The third-order valence-corrected chi connectivity index (χ3v) is 4.14. The van der Waals surface area contributed by atoms with Crippen LogP contribution in [0.2, 0.25) is 0 Å². The fourth-order valence-electron chi connectivity index (χ4n) is 3.16. The van der Waals surface area contributed by atoms with Crippen LogP contribution < -0.4 is 10.7 Å². The highest BCUT2D eigenvalue weighted by molar-refractivity contribution is 6.14. The van der Waals surface area contributed by atoms with Gasteiger partial charge in [-0.3, -0.25) is 4.79 Å². The Balaban J connectivity index is 1.84. The van der Waals surface area contributed by atoms with Crippen molar-refractivity contribution in [2.24, 2.45) is 5.10 Å². The van der Waals surface area contributed by atoms with Gasteiger partial charge in [-0.15, -0.1) is 0 Å². The number of piperazine rings is 1. The van der Waals surface area contributed by atoms with Crippen molar-refractivity contribution in [2.75, 3.05) is 13.1 Å². The smallest absolute Gasteiger partial charge is 0.263 e. The van der Waals surface area contributed by atoms with Crippen LogP contribution in [0.3, 0.4) is 0 Å². The molecule has 0 aromatic heterocycles. The van der Waals surface area contributed by atoms with E-state index in [1.165, 1.54) is 17.7 Å². The lowest BCUT2D eigenvalue weighted by atomic mass is 10.1. The summed E-state index contributed by atoms with van der Waals surface area (Å²) in [6.45, 7) is 1.24. The van der Waals surface area contributed by atoms with E-state index in [0.717, 1.165) is 19.1 Å². The zero-order valence-corrected chi connectivity index (χ0v) is 12.1. The van der Waals surface area contributed by atoms with Crippen molar-refractivity contribution >= 4 is 24.0 Å². The van der Waals surface area contributed by atoms with Crippen LogP contribution in [0.15, 0.2) is 23.3 Å². The quantitative estimate of drug-likeness (QED) is 0.322. The average molecular weight is 304 g/mol. The maximum absolute atomic E-state index is 14.2. The largest absolute Gasteiger partial charge is 0.335 e. The molecule has 2 aliphatic heterocycles. The average Bonchev–Trinajstić information content (AvgIpc) is 2.85. The van der Waals surface area contributed by atoms with E-state index in [1.807, 2.05) is 0 Å². The molecule has 2 atom stereocenters. The minimum absolute atomic E-state index is 0.0610. The monoisotopic (exact) mass is 304 g/mol. The third-order valence-electron chi connectivity index (χ3n) is 4.14. The summed E-state index contributed by atoms with van der Waals surface area (Å²) in [5.74, 6) is -0.817. The fourth-order valence-corrected chi connectivity index (χ4v) is 3.16. The Morgan fingerprint density at radius 1 is 1.41 bits per heavy atom. The van der Waals surface area contributed by atoms with E-state index in [0.29, 0.717) is 30.9 Å². The lowest BCUT2D eigenvalue weighted by Crippen LogP contribution is -2.72. The molecule has 22 heavy (non-hydrogen) atoms. The van der Waals surface area contributed by atoms with Crippen molar-refractivity contribution in [1.29, 1.82) is 5.41 Å². The zero-order valence-electron chi connectivity index (χ0n) is 12.1. The molecular formula is C15H19FN5O+. The number of carbonyl (C=O) groups is 1. The molecule has 0 spiro atoms. The molecular weight excluding hydrogens is 285 g/mol. The van der Waals surface area contributed by atoms with Crippen LogP contribution in [0, 0.1) is 11.2 Å². The van der Waals surface area contributed by atoms with Crippen molar-refractivity contribution in [1.82, 2.24) is 10.2 Å². The molecule has 2 saturated heterocycles. The van der Waals surface area contributed by atoms with Crippen LogP contribution in [0.5, 0.6) is 0 Å². The number of carbonyl (C=O) groups excluding carboxylic acids is 1. The number of amides is 1. The fraction of sp³-hybridized carbons (Fsp3) is 0.400. The van der Waals surface area contributed by atoms with Crippen molar-refractivity contribution in [3.63, 3.8) is 0 Å². The molecule has 2 heterocycles. The molecule has 0 radical (unpaired) electrons. The summed E-state index contributed by atoms with van der Waals surface area (Å²) in [6.07, 6.45) is 4.44. The highest BCUT2D eigenvalue weighted by Crippen LogP contribution is 2.24. The van der Waals surface area contributed by atoms with Gasteiger partial charge >= 0.3 is 0 Å². The lowest BCUT2D eigenvalue weighted by Gasteiger charge is -2.33. The molecule has 1 aromatic rings. The molecule has 6 nitrogen and oxygen atoms in total. The van der Waals surface area contributed by atoms with E-state index in [4.69, 9.17) is 5.41 Å². The lowest BCUT2D eigenvalue weighted by molar-refractivity contribution is -0.577. The predicted molar refractivity (Wildman–Crippen MR) is 81.1 cm³/mol. The molecule has 2 fully saturated rings. The van der Waals surface area contributed by atoms with Gasteiger partial charge in [-0.1, -0.05) is 11.2 Å². The second-order valence-corrected chi connectivity index (χ2v) is 5.65. The Labute approximate surface area is 127 Å². The van der Waals surface area contributed by atoms with Crippen molar-refractivity contribution in [2.45, 2.75) is 24.9 Å². The van der Waals surface area contributed by atoms with Gasteiger partial charge in [-0.05, 0) is 18.9 Å². The minimum Gasteiger partial charge on any atom is -0.335 e. The van der Waals surface area contributed by atoms with Crippen LogP contribution in [0.1, 0.15) is 23.2 Å². The summed E-state index contributed by atoms with van der Waals surface area (Å²) >= 11 is 0. The standard InChI is InChI=1S/C15H18FN5O/c16-12-2-1-3-13(20-18-7-6-17)14(12)15(22)21-8-10-4-5-11(9-21)19-10/h1-3,6-7,10-11,17,19-20H,4-5,8-9H2/p+1/b17-6?,18-7-. The number of halogens is 1. The van der Waals surface area contributed by atoms with Gasteiger partial charge in [0.1, 0.15) is 17.6 Å².